The quantitative estimate of drug-likeness (QED) is 0.354. The van der Waals surface area contributed by atoms with Gasteiger partial charge < -0.3 is 14.2 Å². The third-order valence-electron chi connectivity index (χ3n) is 6.81. The van der Waals surface area contributed by atoms with Crippen molar-refractivity contribution in [3.05, 3.63) is 23.5 Å². The Morgan fingerprint density at radius 3 is 2.22 bits per heavy atom. The monoisotopic (exact) mass is 464 g/mol. The lowest BCUT2D eigenvalue weighted by molar-refractivity contribution is -0.267. The summed E-state index contributed by atoms with van der Waals surface area (Å²) in [5.41, 5.74) is -1.08. The van der Waals surface area contributed by atoms with Gasteiger partial charge in [0.05, 0.1) is 18.8 Å². The molecule has 0 aromatic heterocycles. The van der Waals surface area contributed by atoms with E-state index >= 15 is 0 Å². The van der Waals surface area contributed by atoms with Gasteiger partial charge in [-0.3, -0.25) is 0 Å². The zero-order chi connectivity index (χ0) is 23.3. The Hall–Kier alpha value is -1.57. The van der Waals surface area contributed by atoms with Crippen molar-refractivity contribution in [2.45, 2.75) is 83.9 Å². The number of alkyl halides is 4. The Morgan fingerprint density at radius 2 is 1.66 bits per heavy atom. The number of halogens is 5. The van der Waals surface area contributed by atoms with E-state index in [4.69, 9.17) is 9.47 Å². The van der Waals surface area contributed by atoms with Gasteiger partial charge in [0.1, 0.15) is 5.75 Å². The zero-order valence-electron chi connectivity index (χ0n) is 18.7. The third kappa shape index (κ3) is 5.86. The van der Waals surface area contributed by atoms with E-state index in [1.165, 1.54) is 25.7 Å². The van der Waals surface area contributed by atoms with Crippen LogP contribution in [-0.2, 0) is 4.74 Å². The molecular formula is C24H33F5O3. The maximum absolute atomic E-state index is 14.7. The van der Waals surface area contributed by atoms with Gasteiger partial charge in [0.25, 0.3) is 6.43 Å². The molecule has 1 aliphatic carbocycles. The van der Waals surface area contributed by atoms with E-state index in [9.17, 15) is 22.0 Å². The van der Waals surface area contributed by atoms with Gasteiger partial charge >= 0.3 is 6.11 Å². The second kappa shape index (κ2) is 11.0. The molecule has 1 aromatic carbocycles. The van der Waals surface area contributed by atoms with Crippen molar-refractivity contribution in [1.29, 1.82) is 0 Å². The molecule has 3 nitrogen and oxygen atoms in total. The van der Waals surface area contributed by atoms with Gasteiger partial charge in [-0.05, 0) is 62.5 Å². The summed E-state index contributed by atoms with van der Waals surface area (Å²) >= 11 is 0. The van der Waals surface area contributed by atoms with Crippen molar-refractivity contribution in [3.63, 3.8) is 0 Å². The molecule has 1 heterocycles. The summed E-state index contributed by atoms with van der Waals surface area (Å²) in [5.74, 6) is -1.38. The molecule has 0 radical (unpaired) electrons. The Kier molecular flexibility index (Phi) is 8.64. The van der Waals surface area contributed by atoms with E-state index in [1.807, 2.05) is 0 Å². The fourth-order valence-electron chi connectivity index (χ4n) is 5.10. The molecule has 32 heavy (non-hydrogen) atoms. The first-order valence-electron chi connectivity index (χ1n) is 11.7. The van der Waals surface area contributed by atoms with Crippen LogP contribution >= 0.6 is 0 Å². The number of ether oxygens (including phenoxy) is 3. The van der Waals surface area contributed by atoms with Crippen LogP contribution in [-0.4, -0.2) is 25.4 Å². The minimum atomic E-state index is -3.84. The summed E-state index contributed by atoms with van der Waals surface area (Å²) in [5, 5.41) is 0. The van der Waals surface area contributed by atoms with Gasteiger partial charge in [-0.25, -0.2) is 13.2 Å². The van der Waals surface area contributed by atoms with Crippen LogP contribution in [0.15, 0.2) is 12.1 Å². The molecule has 0 N–H and O–H groups in total. The van der Waals surface area contributed by atoms with Crippen molar-refractivity contribution < 1.29 is 36.2 Å². The first-order chi connectivity index (χ1) is 15.3. The van der Waals surface area contributed by atoms with Crippen molar-refractivity contribution in [3.8, 4) is 11.5 Å². The summed E-state index contributed by atoms with van der Waals surface area (Å²) < 4.78 is 85.6. The average Bonchev–Trinajstić information content (AvgIpc) is 2.76. The van der Waals surface area contributed by atoms with Gasteiger partial charge in [-0.15, -0.1) is 0 Å². The first kappa shape index (κ1) is 25.1. The standard InChI is InChI=1S/C24H33F5O3/c1-3-5-15-6-8-16(9-7-15)17-10-13-20(31-14-17)24(28,29)32-19-12-11-18(30-4-2)21(22(19)25)23(26)27/h11-12,15-17,20,23H,3-10,13-14H2,1-2H3. The molecule has 2 fully saturated rings. The largest absolute Gasteiger partial charge is 0.493 e. The fraction of sp³-hybridized carbons (Fsp3) is 0.750. The lowest BCUT2D eigenvalue weighted by Gasteiger charge is -2.39. The van der Waals surface area contributed by atoms with Crippen molar-refractivity contribution in [2.24, 2.45) is 17.8 Å². The number of rotatable bonds is 9. The molecule has 2 aliphatic rings. The second-order valence-electron chi connectivity index (χ2n) is 8.92. The van der Waals surface area contributed by atoms with Crippen LogP contribution in [0.3, 0.4) is 0 Å². The Labute approximate surface area is 186 Å². The Bertz CT molecular complexity index is 727. The molecule has 1 saturated heterocycles. The van der Waals surface area contributed by atoms with Crippen LogP contribution in [0.25, 0.3) is 0 Å². The van der Waals surface area contributed by atoms with E-state index in [2.05, 4.69) is 11.7 Å². The summed E-state index contributed by atoms with van der Waals surface area (Å²) in [7, 11) is 0. The normalized spacial score (nSPS) is 26.9. The lowest BCUT2D eigenvalue weighted by Crippen LogP contribution is -2.45. The van der Waals surface area contributed by atoms with E-state index < -0.39 is 35.8 Å². The summed E-state index contributed by atoms with van der Waals surface area (Å²) in [4.78, 5) is 0. The minimum absolute atomic E-state index is 0.0346. The van der Waals surface area contributed by atoms with Crippen LogP contribution < -0.4 is 9.47 Å². The zero-order valence-corrected chi connectivity index (χ0v) is 18.7. The molecule has 1 saturated carbocycles. The van der Waals surface area contributed by atoms with Crippen molar-refractivity contribution in [2.75, 3.05) is 13.2 Å². The van der Waals surface area contributed by atoms with Crippen LogP contribution in [0.5, 0.6) is 11.5 Å². The highest BCUT2D eigenvalue weighted by atomic mass is 19.3. The Morgan fingerprint density at radius 1 is 1.00 bits per heavy atom. The molecule has 182 valence electrons. The minimum Gasteiger partial charge on any atom is -0.493 e. The van der Waals surface area contributed by atoms with E-state index in [0.29, 0.717) is 12.3 Å². The highest BCUT2D eigenvalue weighted by Gasteiger charge is 2.47. The second-order valence-corrected chi connectivity index (χ2v) is 8.92. The van der Waals surface area contributed by atoms with Crippen LogP contribution in [0.4, 0.5) is 22.0 Å². The molecular weight excluding hydrogens is 431 g/mol. The lowest BCUT2D eigenvalue weighted by atomic mass is 9.73. The molecule has 2 unspecified atom stereocenters. The van der Waals surface area contributed by atoms with Crippen LogP contribution in [0.1, 0.15) is 77.2 Å². The SMILES string of the molecule is CCCC1CCC(C2CCC(C(F)(F)Oc3ccc(OCC)c(C(F)F)c3F)OC2)CC1. The third-order valence-corrected chi connectivity index (χ3v) is 6.81. The maximum Gasteiger partial charge on any atom is 0.424 e. The summed E-state index contributed by atoms with van der Waals surface area (Å²) in [6.45, 7) is 3.99. The molecule has 2 atom stereocenters. The van der Waals surface area contributed by atoms with Crippen molar-refractivity contribution in [1.82, 2.24) is 0 Å². The first-order valence-corrected chi connectivity index (χ1v) is 11.7. The number of hydrogen-bond acceptors (Lipinski definition) is 3. The summed E-state index contributed by atoms with van der Waals surface area (Å²) in [6.07, 6.45) is -0.952. The number of benzene rings is 1. The molecule has 1 aliphatic heterocycles. The predicted octanol–water partition coefficient (Wildman–Crippen LogP) is 7.54. The van der Waals surface area contributed by atoms with Crippen molar-refractivity contribution >= 4 is 0 Å². The highest BCUT2D eigenvalue weighted by molar-refractivity contribution is 5.43. The number of hydrogen-bond donors (Lipinski definition) is 0. The predicted molar refractivity (Wildman–Crippen MR) is 111 cm³/mol. The smallest absolute Gasteiger partial charge is 0.424 e. The molecule has 0 bridgehead atoms. The molecule has 1 aromatic rings. The topological polar surface area (TPSA) is 27.7 Å². The average molecular weight is 465 g/mol. The van der Waals surface area contributed by atoms with Gasteiger partial charge in [-0.2, -0.15) is 8.78 Å². The maximum atomic E-state index is 14.7. The van der Waals surface area contributed by atoms with Crippen LogP contribution in [0.2, 0.25) is 0 Å². The van der Waals surface area contributed by atoms with Gasteiger partial charge in [0.2, 0.25) is 0 Å². The molecule has 0 amide bonds. The summed E-state index contributed by atoms with van der Waals surface area (Å²) in [6, 6.07) is 1.91. The van der Waals surface area contributed by atoms with Crippen LogP contribution in [0, 0.1) is 23.6 Å². The fourth-order valence-corrected chi connectivity index (χ4v) is 5.10. The van der Waals surface area contributed by atoms with E-state index in [1.54, 1.807) is 6.92 Å². The molecule has 0 spiro atoms. The van der Waals surface area contributed by atoms with Gasteiger partial charge in [0.15, 0.2) is 17.7 Å². The highest BCUT2D eigenvalue weighted by Crippen LogP contribution is 2.42. The molecule has 3 rings (SSSR count). The van der Waals surface area contributed by atoms with Gasteiger partial charge in [-0.1, -0.05) is 32.6 Å². The van der Waals surface area contributed by atoms with E-state index in [-0.39, 0.29) is 31.3 Å². The van der Waals surface area contributed by atoms with E-state index in [0.717, 1.165) is 30.9 Å². The van der Waals surface area contributed by atoms with Gasteiger partial charge in [0, 0.05) is 0 Å². The molecule has 8 heteroatoms. The Balaban J connectivity index is 1.59.